The molecule has 4 aromatic heterocycles. The molecule has 0 saturated carbocycles. The molecular weight excluding hydrogens is 673 g/mol. The Morgan fingerprint density at radius 3 is 2.05 bits per heavy atom. The van der Waals surface area contributed by atoms with Crippen LogP contribution in [0.2, 0.25) is 0 Å². The number of benzene rings is 6. The van der Waals surface area contributed by atoms with Crippen LogP contribution in [-0.2, 0) is 10.8 Å². The van der Waals surface area contributed by atoms with Gasteiger partial charge >= 0.3 is 0 Å². The molecule has 0 fully saturated rings. The molecule has 5 nitrogen and oxygen atoms in total. The van der Waals surface area contributed by atoms with Crippen molar-refractivity contribution in [2.75, 3.05) is 0 Å². The minimum Gasteiger partial charge on any atom is -0.457 e. The molecule has 0 amide bonds. The van der Waals surface area contributed by atoms with E-state index in [1.54, 1.807) is 0 Å². The van der Waals surface area contributed by atoms with Gasteiger partial charge in [-0.15, -0.1) is 0 Å². The van der Waals surface area contributed by atoms with Crippen LogP contribution in [0.3, 0.4) is 0 Å². The Kier molecular flexibility index (Phi) is 6.58. The number of rotatable bonds is 5. The second kappa shape index (κ2) is 11.4. The summed E-state index contributed by atoms with van der Waals surface area (Å²) in [5.41, 5.74) is 12.1. The first-order valence-electron chi connectivity index (χ1n) is 19.0. The molecule has 0 unspecified atom stereocenters. The first kappa shape index (κ1) is 31.8. The van der Waals surface area contributed by atoms with E-state index in [1.807, 2.05) is 12.3 Å². The average molecular weight is 711 g/mol. The average Bonchev–Trinajstić information content (AvgIpc) is 3.82. The lowest BCUT2D eigenvalue weighted by atomic mass is 9.61. The van der Waals surface area contributed by atoms with Crippen LogP contribution in [0, 0.1) is 0 Å². The topological polar surface area (TPSA) is 44.3 Å². The number of nitrogens with zero attached hydrogens (tertiary/aromatic N) is 4. The molecular formula is C50H38N4O. The number of pyridine rings is 2. The second-order valence-corrected chi connectivity index (χ2v) is 15.9. The maximum absolute atomic E-state index is 6.91. The third kappa shape index (κ3) is 4.53. The minimum atomic E-state index is -0.118. The van der Waals surface area contributed by atoms with Gasteiger partial charge in [0.15, 0.2) is 0 Å². The molecule has 0 saturated heterocycles. The molecule has 1 aliphatic rings. The number of ether oxygens (including phenoxy) is 1. The number of imidazole rings is 1. The molecule has 0 radical (unpaired) electrons. The fourth-order valence-corrected chi connectivity index (χ4v) is 9.00. The quantitative estimate of drug-likeness (QED) is 0.167. The third-order valence-corrected chi connectivity index (χ3v) is 12.6. The van der Waals surface area contributed by atoms with Gasteiger partial charge in [0.05, 0.1) is 16.7 Å². The molecule has 5 heteroatoms. The number of fused-ring (bicyclic) bond motifs is 6. The van der Waals surface area contributed by atoms with Gasteiger partial charge in [0, 0.05) is 56.5 Å². The van der Waals surface area contributed by atoms with Crippen LogP contribution in [-0.4, -0.2) is 18.9 Å². The standard InChI is InChI=1S/C50H38N4O/c1-49(2)43-17-10-15-40-38-24-23-36(29-42(38)48-52-30-45(50(49,3)4)54(48)46(40)43)55-37-27-34(33-21-19-32(20-22-33)31-12-6-5-7-13-31)26-35(28-37)53-44-18-9-8-14-39(44)41-16-11-25-51-47(41)53/h5-30H,1-4H3. The molecule has 0 N–H and O–H groups in total. The number of para-hydroxylation sites is 2. The van der Waals surface area contributed by atoms with Crippen molar-refractivity contribution in [3.63, 3.8) is 0 Å². The van der Waals surface area contributed by atoms with Crippen molar-refractivity contribution in [3.05, 3.63) is 169 Å². The van der Waals surface area contributed by atoms with E-state index in [4.69, 9.17) is 14.7 Å². The zero-order valence-electron chi connectivity index (χ0n) is 31.2. The highest BCUT2D eigenvalue weighted by atomic mass is 16.5. The Morgan fingerprint density at radius 2 is 1.22 bits per heavy atom. The van der Waals surface area contributed by atoms with E-state index in [2.05, 4.69) is 182 Å². The lowest BCUT2D eigenvalue weighted by molar-refractivity contribution is 0.288. The van der Waals surface area contributed by atoms with Crippen molar-refractivity contribution in [3.8, 4) is 39.4 Å². The lowest BCUT2D eigenvalue weighted by Gasteiger charge is -2.45. The first-order chi connectivity index (χ1) is 26.8. The van der Waals surface area contributed by atoms with Crippen molar-refractivity contribution in [1.82, 2.24) is 18.9 Å². The van der Waals surface area contributed by atoms with Gasteiger partial charge in [-0.25, -0.2) is 9.97 Å². The highest BCUT2D eigenvalue weighted by molar-refractivity contribution is 6.13. The van der Waals surface area contributed by atoms with Crippen molar-refractivity contribution >= 4 is 49.3 Å². The maximum Gasteiger partial charge on any atom is 0.145 e. The Hall–Kier alpha value is -6.72. The van der Waals surface area contributed by atoms with E-state index < -0.39 is 0 Å². The van der Waals surface area contributed by atoms with Crippen LogP contribution in [0.4, 0.5) is 0 Å². The largest absolute Gasteiger partial charge is 0.457 e. The highest BCUT2D eigenvalue weighted by Gasteiger charge is 2.46. The summed E-state index contributed by atoms with van der Waals surface area (Å²) in [7, 11) is 0. The van der Waals surface area contributed by atoms with Crippen LogP contribution in [0.1, 0.15) is 39.0 Å². The van der Waals surface area contributed by atoms with Gasteiger partial charge in [-0.1, -0.05) is 119 Å². The van der Waals surface area contributed by atoms with Crippen LogP contribution >= 0.6 is 0 Å². The maximum atomic E-state index is 6.91. The fraction of sp³-hybridized carbons (Fsp3) is 0.120. The predicted molar refractivity (Wildman–Crippen MR) is 226 cm³/mol. The Morgan fingerprint density at radius 1 is 0.491 bits per heavy atom. The van der Waals surface area contributed by atoms with Gasteiger partial charge in [-0.3, -0.25) is 8.97 Å². The number of hydrogen-bond donors (Lipinski definition) is 0. The summed E-state index contributed by atoms with van der Waals surface area (Å²) >= 11 is 0. The van der Waals surface area contributed by atoms with Gasteiger partial charge in [-0.05, 0) is 81.7 Å². The SMILES string of the molecule is CC1(C)c2cccc3c4ccc(Oc5cc(-c6ccc(-c7ccccc7)cc6)cc(-n6c7ccccc7c7cccnc76)c5)cc4c4ncc(n4c23)C1(C)C. The van der Waals surface area contributed by atoms with Crippen molar-refractivity contribution in [1.29, 1.82) is 0 Å². The zero-order valence-corrected chi connectivity index (χ0v) is 31.2. The second-order valence-electron chi connectivity index (χ2n) is 15.9. The summed E-state index contributed by atoms with van der Waals surface area (Å²) < 4.78 is 11.6. The molecule has 10 aromatic rings. The predicted octanol–water partition coefficient (Wildman–Crippen LogP) is 12.8. The monoisotopic (exact) mass is 710 g/mol. The smallest absolute Gasteiger partial charge is 0.145 e. The summed E-state index contributed by atoms with van der Waals surface area (Å²) in [5, 5.41) is 5.76. The normalized spacial score (nSPS) is 14.5. The Balaban J connectivity index is 1.09. The van der Waals surface area contributed by atoms with Gasteiger partial charge < -0.3 is 4.74 Å². The van der Waals surface area contributed by atoms with Crippen molar-refractivity contribution < 1.29 is 4.74 Å². The molecule has 6 aromatic carbocycles. The van der Waals surface area contributed by atoms with Gasteiger partial charge in [0.25, 0.3) is 0 Å². The Labute approximate surface area is 319 Å². The summed E-state index contributed by atoms with van der Waals surface area (Å²) in [6.45, 7) is 9.41. The van der Waals surface area contributed by atoms with E-state index in [9.17, 15) is 0 Å². The summed E-state index contributed by atoms with van der Waals surface area (Å²) in [6.07, 6.45) is 3.95. The summed E-state index contributed by atoms with van der Waals surface area (Å²) in [5.74, 6) is 1.50. The molecule has 264 valence electrons. The van der Waals surface area contributed by atoms with E-state index in [1.165, 1.54) is 44.1 Å². The fourth-order valence-electron chi connectivity index (χ4n) is 9.00. The molecule has 0 aliphatic carbocycles. The number of hydrogen-bond acceptors (Lipinski definition) is 3. The van der Waals surface area contributed by atoms with Crippen LogP contribution < -0.4 is 4.74 Å². The first-order valence-corrected chi connectivity index (χ1v) is 19.0. The van der Waals surface area contributed by atoms with Crippen LogP contribution in [0.25, 0.3) is 77.2 Å². The summed E-state index contributed by atoms with van der Waals surface area (Å²) in [4.78, 5) is 9.98. The Bertz CT molecular complexity index is 3110. The van der Waals surface area contributed by atoms with E-state index in [0.717, 1.165) is 55.9 Å². The van der Waals surface area contributed by atoms with Gasteiger partial charge in [0.1, 0.15) is 22.8 Å². The molecule has 55 heavy (non-hydrogen) atoms. The van der Waals surface area contributed by atoms with Crippen molar-refractivity contribution in [2.24, 2.45) is 0 Å². The zero-order chi connectivity index (χ0) is 37.1. The van der Waals surface area contributed by atoms with E-state index >= 15 is 0 Å². The van der Waals surface area contributed by atoms with Crippen LogP contribution in [0.15, 0.2) is 158 Å². The van der Waals surface area contributed by atoms with Crippen molar-refractivity contribution in [2.45, 2.75) is 38.5 Å². The molecule has 0 bridgehead atoms. The van der Waals surface area contributed by atoms with E-state index in [0.29, 0.717) is 0 Å². The minimum absolute atomic E-state index is 0.0668. The molecule has 11 rings (SSSR count). The highest BCUT2D eigenvalue weighted by Crippen LogP contribution is 2.51. The third-order valence-electron chi connectivity index (χ3n) is 12.6. The van der Waals surface area contributed by atoms with Crippen LogP contribution in [0.5, 0.6) is 11.5 Å². The molecule has 1 aliphatic heterocycles. The molecule has 0 atom stereocenters. The molecule has 5 heterocycles. The lowest BCUT2D eigenvalue weighted by Crippen LogP contribution is -2.44. The number of aromatic nitrogens is 4. The summed E-state index contributed by atoms with van der Waals surface area (Å²) in [6, 6.07) is 51.7. The molecule has 0 spiro atoms. The van der Waals surface area contributed by atoms with Gasteiger partial charge in [0.2, 0.25) is 0 Å². The van der Waals surface area contributed by atoms with E-state index in [-0.39, 0.29) is 10.8 Å². The van der Waals surface area contributed by atoms with Gasteiger partial charge in [-0.2, -0.15) is 0 Å².